The second-order valence-electron chi connectivity index (χ2n) is 3.88. The number of nitro benzene ring substituents is 1. The maximum absolute atomic E-state index is 10.6. The van der Waals surface area contributed by atoms with E-state index in [2.05, 4.69) is 17.5 Å². The molecule has 1 aromatic rings. The van der Waals surface area contributed by atoms with E-state index in [4.69, 9.17) is 5.26 Å². The molecule has 1 aliphatic rings. The Kier molecular flexibility index (Phi) is 3.06. The third-order valence-electron chi connectivity index (χ3n) is 2.70. The first kappa shape index (κ1) is 11.1. The van der Waals surface area contributed by atoms with Gasteiger partial charge in [0.1, 0.15) is 6.07 Å². The molecule has 1 aromatic carbocycles. The van der Waals surface area contributed by atoms with Gasteiger partial charge in [-0.05, 0) is 18.9 Å². The summed E-state index contributed by atoms with van der Waals surface area (Å²) in [5.41, 5.74) is 0.912. The minimum atomic E-state index is -0.498. The van der Waals surface area contributed by atoms with Gasteiger partial charge in [-0.2, -0.15) is 5.26 Å². The van der Waals surface area contributed by atoms with Crippen molar-refractivity contribution in [3.8, 4) is 6.07 Å². The molecule has 0 aromatic heterocycles. The zero-order valence-corrected chi connectivity index (χ0v) is 9.09. The van der Waals surface area contributed by atoms with Crippen molar-refractivity contribution in [2.24, 2.45) is 0 Å². The van der Waals surface area contributed by atoms with Crippen molar-refractivity contribution in [3.63, 3.8) is 0 Å². The van der Waals surface area contributed by atoms with Gasteiger partial charge in [0.05, 0.1) is 16.2 Å². The molecule has 0 saturated carbocycles. The molecule has 17 heavy (non-hydrogen) atoms. The quantitative estimate of drug-likeness (QED) is 0.490. The van der Waals surface area contributed by atoms with E-state index < -0.39 is 4.92 Å². The highest BCUT2D eigenvalue weighted by Crippen LogP contribution is 2.24. The molecule has 1 N–H and O–H groups in total. The number of hydrogen-bond donors (Lipinski definition) is 1. The first-order chi connectivity index (χ1) is 8.20. The van der Waals surface area contributed by atoms with Crippen LogP contribution in [0.2, 0.25) is 0 Å². The van der Waals surface area contributed by atoms with Crippen LogP contribution in [0.25, 0.3) is 0 Å². The summed E-state index contributed by atoms with van der Waals surface area (Å²) in [5, 5.41) is 22.8. The predicted molar refractivity (Wildman–Crippen MR) is 63.6 cm³/mol. The summed E-state index contributed by atoms with van der Waals surface area (Å²) in [6.07, 6.45) is 5.99. The van der Waals surface area contributed by atoms with E-state index in [0.717, 1.165) is 12.8 Å². The van der Waals surface area contributed by atoms with E-state index in [9.17, 15) is 10.1 Å². The third-order valence-corrected chi connectivity index (χ3v) is 2.70. The lowest BCUT2D eigenvalue weighted by Gasteiger charge is -2.14. The number of nitro groups is 1. The second kappa shape index (κ2) is 4.66. The van der Waals surface area contributed by atoms with E-state index in [0.29, 0.717) is 11.3 Å². The van der Waals surface area contributed by atoms with Crippen LogP contribution in [-0.2, 0) is 0 Å². The Morgan fingerprint density at radius 3 is 2.71 bits per heavy atom. The Morgan fingerprint density at radius 1 is 1.41 bits per heavy atom. The van der Waals surface area contributed by atoms with Gasteiger partial charge >= 0.3 is 0 Å². The van der Waals surface area contributed by atoms with Crippen molar-refractivity contribution >= 4 is 11.4 Å². The van der Waals surface area contributed by atoms with Gasteiger partial charge in [0, 0.05) is 18.2 Å². The molecular weight excluding hydrogens is 218 g/mol. The van der Waals surface area contributed by atoms with Crippen LogP contribution in [0.4, 0.5) is 11.4 Å². The summed E-state index contributed by atoms with van der Waals surface area (Å²) in [5.74, 6) is 0. The van der Waals surface area contributed by atoms with Gasteiger partial charge in [-0.1, -0.05) is 12.2 Å². The van der Waals surface area contributed by atoms with Crippen LogP contribution in [-0.4, -0.2) is 11.0 Å². The highest BCUT2D eigenvalue weighted by atomic mass is 16.6. The van der Waals surface area contributed by atoms with Crippen LogP contribution in [0.5, 0.6) is 0 Å². The summed E-state index contributed by atoms with van der Waals surface area (Å²) in [6, 6.07) is 6.56. The number of nitriles is 1. The van der Waals surface area contributed by atoms with Crippen molar-refractivity contribution in [1.29, 1.82) is 5.26 Å². The fourth-order valence-corrected chi connectivity index (χ4v) is 1.82. The average Bonchev–Trinajstić information content (AvgIpc) is 2.82. The minimum absolute atomic E-state index is 0.0587. The lowest BCUT2D eigenvalue weighted by atomic mass is 10.1. The zero-order valence-electron chi connectivity index (χ0n) is 9.09. The fourth-order valence-electron chi connectivity index (χ4n) is 1.82. The van der Waals surface area contributed by atoms with Crippen molar-refractivity contribution in [3.05, 3.63) is 46.0 Å². The smallest absolute Gasteiger partial charge is 0.270 e. The number of rotatable bonds is 3. The van der Waals surface area contributed by atoms with Gasteiger partial charge in [-0.25, -0.2) is 0 Å². The maximum Gasteiger partial charge on any atom is 0.270 e. The first-order valence-corrected chi connectivity index (χ1v) is 5.31. The first-order valence-electron chi connectivity index (χ1n) is 5.31. The average molecular weight is 229 g/mol. The molecule has 5 heteroatoms. The molecular formula is C12H11N3O2. The lowest BCUT2D eigenvalue weighted by Crippen LogP contribution is -2.15. The number of nitrogens with zero attached hydrogens (tertiary/aromatic N) is 2. The maximum atomic E-state index is 10.6. The van der Waals surface area contributed by atoms with Crippen molar-refractivity contribution in [2.75, 3.05) is 5.32 Å². The van der Waals surface area contributed by atoms with Gasteiger partial charge in [-0.3, -0.25) is 10.1 Å². The Morgan fingerprint density at radius 2 is 2.12 bits per heavy atom. The topological polar surface area (TPSA) is 79.0 Å². The van der Waals surface area contributed by atoms with Crippen molar-refractivity contribution in [1.82, 2.24) is 0 Å². The van der Waals surface area contributed by atoms with Crippen molar-refractivity contribution < 1.29 is 4.92 Å². The van der Waals surface area contributed by atoms with E-state index in [1.165, 1.54) is 12.1 Å². The van der Waals surface area contributed by atoms with E-state index in [-0.39, 0.29) is 11.7 Å². The Balaban J connectivity index is 2.22. The molecule has 0 amide bonds. The Labute approximate surface area is 98.5 Å². The minimum Gasteiger partial charge on any atom is -0.381 e. The van der Waals surface area contributed by atoms with E-state index >= 15 is 0 Å². The highest BCUT2D eigenvalue weighted by Gasteiger charge is 2.14. The molecule has 0 atom stereocenters. The molecule has 0 bridgehead atoms. The SMILES string of the molecule is N#Cc1cc([N+](=O)[O-])ccc1NC1CC=CC1. The van der Waals surface area contributed by atoms with Gasteiger partial charge < -0.3 is 5.32 Å². The Hall–Kier alpha value is -2.35. The standard InChI is InChI=1S/C12H11N3O2/c13-8-9-7-11(15(16)17)5-6-12(9)14-10-3-1-2-4-10/h1-2,5-7,10,14H,3-4H2. The molecule has 86 valence electrons. The van der Waals surface area contributed by atoms with Crippen molar-refractivity contribution in [2.45, 2.75) is 18.9 Å². The molecule has 0 spiro atoms. The molecule has 1 aliphatic carbocycles. The molecule has 2 rings (SSSR count). The Bertz CT molecular complexity index is 509. The molecule has 0 aliphatic heterocycles. The molecule has 5 nitrogen and oxygen atoms in total. The summed E-state index contributed by atoms with van der Waals surface area (Å²) in [7, 11) is 0. The summed E-state index contributed by atoms with van der Waals surface area (Å²) >= 11 is 0. The van der Waals surface area contributed by atoms with Gasteiger partial charge in [0.2, 0.25) is 0 Å². The molecule has 0 fully saturated rings. The van der Waals surface area contributed by atoms with Crippen LogP contribution in [0.1, 0.15) is 18.4 Å². The van der Waals surface area contributed by atoms with Crippen LogP contribution in [0, 0.1) is 21.4 Å². The normalized spacial score (nSPS) is 14.5. The number of non-ortho nitro benzene ring substituents is 1. The lowest BCUT2D eigenvalue weighted by molar-refractivity contribution is -0.384. The molecule has 0 radical (unpaired) electrons. The van der Waals surface area contributed by atoms with Gasteiger partial charge in [0.15, 0.2) is 0 Å². The van der Waals surface area contributed by atoms with Crippen LogP contribution in [0.15, 0.2) is 30.4 Å². The summed E-state index contributed by atoms with van der Waals surface area (Å²) < 4.78 is 0. The van der Waals surface area contributed by atoms with Gasteiger partial charge in [-0.15, -0.1) is 0 Å². The summed E-state index contributed by atoms with van der Waals surface area (Å²) in [4.78, 5) is 10.1. The third kappa shape index (κ3) is 2.42. The van der Waals surface area contributed by atoms with E-state index in [1.54, 1.807) is 6.07 Å². The predicted octanol–water partition coefficient (Wildman–Crippen LogP) is 2.60. The zero-order chi connectivity index (χ0) is 12.3. The fraction of sp³-hybridized carbons (Fsp3) is 0.250. The number of hydrogen-bond acceptors (Lipinski definition) is 4. The molecule has 0 unspecified atom stereocenters. The largest absolute Gasteiger partial charge is 0.381 e. The second-order valence-corrected chi connectivity index (χ2v) is 3.88. The van der Waals surface area contributed by atoms with Crippen LogP contribution < -0.4 is 5.32 Å². The monoisotopic (exact) mass is 229 g/mol. The number of benzene rings is 1. The van der Waals surface area contributed by atoms with E-state index in [1.807, 2.05) is 6.07 Å². The highest BCUT2D eigenvalue weighted by molar-refractivity contribution is 5.61. The number of anilines is 1. The molecule has 0 heterocycles. The van der Waals surface area contributed by atoms with Gasteiger partial charge in [0.25, 0.3) is 5.69 Å². The summed E-state index contributed by atoms with van der Waals surface area (Å²) in [6.45, 7) is 0. The number of nitrogens with one attached hydrogen (secondary N) is 1. The molecule has 0 saturated heterocycles. The van der Waals surface area contributed by atoms with Crippen LogP contribution >= 0.6 is 0 Å². The van der Waals surface area contributed by atoms with Crippen LogP contribution in [0.3, 0.4) is 0 Å².